The minimum atomic E-state index is 0.491. The highest BCUT2D eigenvalue weighted by molar-refractivity contribution is 9.10. The first-order valence-electron chi connectivity index (χ1n) is 7.04. The largest absolute Gasteiger partial charge is 0.310 e. The van der Waals surface area contributed by atoms with E-state index in [9.17, 15) is 0 Å². The van der Waals surface area contributed by atoms with E-state index >= 15 is 0 Å². The van der Waals surface area contributed by atoms with Crippen molar-refractivity contribution in [1.82, 2.24) is 5.32 Å². The third-order valence-corrected chi connectivity index (χ3v) is 4.18. The average Bonchev–Trinajstić information content (AvgIpc) is 2.31. The minimum absolute atomic E-state index is 0.491. The van der Waals surface area contributed by atoms with Crippen LogP contribution in [0.3, 0.4) is 0 Å². The molecule has 2 heteroatoms. The van der Waals surface area contributed by atoms with E-state index in [2.05, 4.69) is 67.1 Å². The molecule has 0 fully saturated rings. The second-order valence-electron chi connectivity index (χ2n) is 5.44. The van der Waals surface area contributed by atoms with Gasteiger partial charge in [-0.15, -0.1) is 0 Å². The number of hydrogen-bond donors (Lipinski definition) is 1. The third kappa shape index (κ3) is 5.11. The molecule has 1 atom stereocenters. The Morgan fingerprint density at radius 2 is 1.94 bits per heavy atom. The maximum absolute atomic E-state index is 3.63. The second-order valence-corrected chi connectivity index (χ2v) is 6.30. The van der Waals surface area contributed by atoms with Gasteiger partial charge >= 0.3 is 0 Å². The lowest BCUT2D eigenvalue weighted by Gasteiger charge is -2.19. The maximum Gasteiger partial charge on any atom is 0.0320 e. The van der Waals surface area contributed by atoms with Crippen molar-refractivity contribution in [2.75, 3.05) is 6.54 Å². The Labute approximate surface area is 120 Å². The van der Waals surface area contributed by atoms with Gasteiger partial charge in [0.05, 0.1) is 0 Å². The van der Waals surface area contributed by atoms with Crippen molar-refractivity contribution in [2.24, 2.45) is 5.92 Å². The Kier molecular flexibility index (Phi) is 6.95. The van der Waals surface area contributed by atoms with Crippen molar-refractivity contribution < 1.29 is 0 Å². The summed E-state index contributed by atoms with van der Waals surface area (Å²) >= 11 is 3.63. The van der Waals surface area contributed by atoms with E-state index in [1.165, 1.54) is 34.9 Å². The highest BCUT2D eigenvalue weighted by Gasteiger charge is 2.11. The van der Waals surface area contributed by atoms with Crippen molar-refractivity contribution in [3.05, 3.63) is 33.8 Å². The molecule has 1 rings (SSSR count). The van der Waals surface area contributed by atoms with Crippen LogP contribution in [-0.4, -0.2) is 6.54 Å². The van der Waals surface area contributed by atoms with Crippen LogP contribution >= 0.6 is 15.9 Å². The highest BCUT2D eigenvalue weighted by atomic mass is 79.9. The van der Waals surface area contributed by atoms with Crippen LogP contribution in [0.1, 0.15) is 57.2 Å². The molecule has 0 saturated heterocycles. The molecule has 0 aliphatic rings. The molecule has 0 heterocycles. The third-order valence-electron chi connectivity index (χ3n) is 3.32. The van der Waals surface area contributed by atoms with E-state index in [0.29, 0.717) is 6.04 Å². The molecular formula is C16H26BrN. The molecule has 1 aromatic carbocycles. The Bertz CT molecular complexity index is 360. The summed E-state index contributed by atoms with van der Waals surface area (Å²) in [7, 11) is 0. The van der Waals surface area contributed by atoms with Crippen molar-refractivity contribution in [1.29, 1.82) is 0 Å². The summed E-state index contributed by atoms with van der Waals surface area (Å²) in [6, 6.07) is 7.21. The van der Waals surface area contributed by atoms with Crippen LogP contribution in [0.5, 0.6) is 0 Å². The van der Waals surface area contributed by atoms with Crippen LogP contribution in [0.4, 0.5) is 0 Å². The molecule has 0 saturated carbocycles. The van der Waals surface area contributed by atoms with E-state index in [4.69, 9.17) is 0 Å². The fourth-order valence-electron chi connectivity index (χ4n) is 2.19. The lowest BCUT2D eigenvalue weighted by molar-refractivity contribution is 0.455. The number of aryl methyl sites for hydroxylation is 1. The van der Waals surface area contributed by atoms with Gasteiger partial charge in [0.2, 0.25) is 0 Å². The first kappa shape index (κ1) is 15.7. The molecule has 0 aliphatic heterocycles. The van der Waals surface area contributed by atoms with Crippen LogP contribution in [-0.2, 0) is 0 Å². The van der Waals surface area contributed by atoms with E-state index in [-0.39, 0.29) is 0 Å². The molecule has 102 valence electrons. The molecule has 0 bridgehead atoms. The van der Waals surface area contributed by atoms with Gasteiger partial charge in [-0.25, -0.2) is 0 Å². The number of benzene rings is 1. The van der Waals surface area contributed by atoms with Crippen LogP contribution in [0.25, 0.3) is 0 Å². The molecule has 1 nitrogen and oxygen atoms in total. The molecule has 1 unspecified atom stereocenters. The zero-order chi connectivity index (χ0) is 13.5. The SMILES string of the molecule is CCNC(CCCC(C)C)c1ccc(C)c(Br)c1. The monoisotopic (exact) mass is 311 g/mol. The zero-order valence-corrected chi connectivity index (χ0v) is 13.7. The summed E-state index contributed by atoms with van der Waals surface area (Å²) in [5.74, 6) is 0.803. The summed E-state index contributed by atoms with van der Waals surface area (Å²) < 4.78 is 1.21. The Hall–Kier alpha value is -0.340. The molecule has 1 N–H and O–H groups in total. The second kappa shape index (κ2) is 7.96. The minimum Gasteiger partial charge on any atom is -0.310 e. The molecule has 0 aliphatic carbocycles. The smallest absolute Gasteiger partial charge is 0.0320 e. The van der Waals surface area contributed by atoms with E-state index in [1.54, 1.807) is 0 Å². The van der Waals surface area contributed by atoms with E-state index < -0.39 is 0 Å². The van der Waals surface area contributed by atoms with Crippen molar-refractivity contribution in [2.45, 2.75) is 53.0 Å². The number of rotatable bonds is 7. The van der Waals surface area contributed by atoms with Crippen LogP contribution in [0, 0.1) is 12.8 Å². The van der Waals surface area contributed by atoms with Gasteiger partial charge in [0.25, 0.3) is 0 Å². The van der Waals surface area contributed by atoms with Crippen molar-refractivity contribution in [3.8, 4) is 0 Å². The topological polar surface area (TPSA) is 12.0 Å². The lowest BCUT2D eigenvalue weighted by atomic mass is 9.97. The predicted octanol–water partition coefficient (Wildman–Crippen LogP) is 5.23. The lowest BCUT2D eigenvalue weighted by Crippen LogP contribution is -2.21. The molecule has 0 amide bonds. The fraction of sp³-hybridized carbons (Fsp3) is 0.625. The predicted molar refractivity (Wildman–Crippen MR) is 84.0 cm³/mol. The van der Waals surface area contributed by atoms with Gasteiger partial charge < -0.3 is 5.32 Å². The summed E-state index contributed by atoms with van der Waals surface area (Å²) in [6.45, 7) is 9.93. The fourth-order valence-corrected chi connectivity index (χ4v) is 2.59. The van der Waals surface area contributed by atoms with E-state index in [1.807, 2.05) is 0 Å². The van der Waals surface area contributed by atoms with Crippen molar-refractivity contribution in [3.63, 3.8) is 0 Å². The Balaban J connectivity index is 2.67. The highest BCUT2D eigenvalue weighted by Crippen LogP contribution is 2.25. The summed E-state index contributed by atoms with van der Waals surface area (Å²) in [5.41, 5.74) is 2.70. The van der Waals surface area contributed by atoms with E-state index in [0.717, 1.165) is 12.5 Å². The first-order valence-corrected chi connectivity index (χ1v) is 7.83. The standard InChI is InChI=1S/C16H26BrN/c1-5-18-16(8-6-7-12(2)3)14-10-9-13(4)15(17)11-14/h9-12,16,18H,5-8H2,1-4H3. The summed E-state index contributed by atoms with van der Waals surface area (Å²) in [4.78, 5) is 0. The van der Waals surface area contributed by atoms with Gasteiger partial charge in [-0.05, 0) is 43.0 Å². The van der Waals surface area contributed by atoms with Gasteiger partial charge in [0.1, 0.15) is 0 Å². The van der Waals surface area contributed by atoms with Crippen LogP contribution < -0.4 is 5.32 Å². The average molecular weight is 312 g/mol. The molecule has 1 aromatic rings. The zero-order valence-electron chi connectivity index (χ0n) is 12.1. The van der Waals surface area contributed by atoms with Crippen LogP contribution in [0.2, 0.25) is 0 Å². The van der Waals surface area contributed by atoms with Crippen LogP contribution in [0.15, 0.2) is 22.7 Å². The quantitative estimate of drug-likeness (QED) is 0.726. The van der Waals surface area contributed by atoms with Gasteiger partial charge in [-0.2, -0.15) is 0 Å². The summed E-state index contributed by atoms with van der Waals surface area (Å²) in [6.07, 6.45) is 3.83. The summed E-state index contributed by atoms with van der Waals surface area (Å²) in [5, 5.41) is 3.60. The molecule has 0 spiro atoms. The Morgan fingerprint density at radius 3 is 2.50 bits per heavy atom. The van der Waals surface area contributed by atoms with Gasteiger partial charge in [-0.1, -0.05) is 61.7 Å². The number of halogens is 1. The maximum atomic E-state index is 3.63. The molecule has 18 heavy (non-hydrogen) atoms. The molecule has 0 radical (unpaired) electrons. The van der Waals surface area contributed by atoms with Crippen molar-refractivity contribution >= 4 is 15.9 Å². The van der Waals surface area contributed by atoms with Gasteiger partial charge in [0.15, 0.2) is 0 Å². The molecular weight excluding hydrogens is 286 g/mol. The molecule has 0 aromatic heterocycles. The first-order chi connectivity index (χ1) is 8.54. The number of hydrogen-bond acceptors (Lipinski definition) is 1. The normalized spacial score (nSPS) is 13.0. The number of nitrogens with one attached hydrogen (secondary N) is 1. The van der Waals surface area contributed by atoms with Gasteiger partial charge in [0, 0.05) is 10.5 Å². The Morgan fingerprint density at radius 1 is 1.22 bits per heavy atom. The van der Waals surface area contributed by atoms with Gasteiger partial charge in [-0.3, -0.25) is 0 Å².